The Kier molecular flexibility index (Phi) is 5.34. The van der Waals surface area contributed by atoms with Crippen LogP contribution in [0.4, 0.5) is 4.39 Å². The maximum atomic E-state index is 13.5. The summed E-state index contributed by atoms with van der Waals surface area (Å²) >= 11 is 1.33. The van der Waals surface area contributed by atoms with Crippen molar-refractivity contribution in [3.63, 3.8) is 0 Å². The third-order valence-electron chi connectivity index (χ3n) is 5.41. The van der Waals surface area contributed by atoms with Crippen molar-refractivity contribution in [2.75, 3.05) is 5.75 Å². The molecule has 0 N–H and O–H groups in total. The predicted molar refractivity (Wildman–Crippen MR) is 118 cm³/mol. The zero-order valence-electron chi connectivity index (χ0n) is 16.7. The molecule has 0 spiro atoms. The molecule has 0 aliphatic heterocycles. The van der Waals surface area contributed by atoms with Gasteiger partial charge in [-0.3, -0.25) is 14.3 Å². The maximum absolute atomic E-state index is 13.5. The Bertz CT molecular complexity index is 1240. The van der Waals surface area contributed by atoms with Crippen LogP contribution in [0.5, 0.6) is 0 Å². The highest BCUT2D eigenvalue weighted by atomic mass is 32.2. The Hall–Kier alpha value is -3.32. The monoisotopic (exact) mass is 430 g/mol. The summed E-state index contributed by atoms with van der Waals surface area (Å²) in [5.74, 6) is 0.595. The molecule has 0 atom stereocenters. The van der Waals surface area contributed by atoms with Crippen molar-refractivity contribution < 1.29 is 9.18 Å². The molecule has 31 heavy (non-hydrogen) atoms. The van der Waals surface area contributed by atoms with Crippen LogP contribution in [0.3, 0.4) is 0 Å². The number of hydrogen-bond donors (Lipinski definition) is 0. The van der Waals surface area contributed by atoms with E-state index in [0.29, 0.717) is 11.0 Å². The third-order valence-corrected chi connectivity index (χ3v) is 6.34. The van der Waals surface area contributed by atoms with Gasteiger partial charge in [0.15, 0.2) is 16.8 Å². The van der Waals surface area contributed by atoms with Crippen molar-refractivity contribution in [2.24, 2.45) is 0 Å². The molecule has 1 aliphatic carbocycles. The molecule has 5 rings (SSSR count). The van der Waals surface area contributed by atoms with Gasteiger partial charge in [0, 0.05) is 29.2 Å². The van der Waals surface area contributed by atoms with E-state index in [4.69, 9.17) is 0 Å². The quantitative estimate of drug-likeness (QED) is 0.321. The molecule has 0 bridgehead atoms. The fraction of sp³-hybridized carbons (Fsp3) is 0.167. The number of hydrogen-bond acceptors (Lipinski definition) is 5. The minimum atomic E-state index is -0.316. The first-order valence-electron chi connectivity index (χ1n) is 10.1. The molecule has 1 aliphatic rings. The number of carbonyl (C=O) groups excluding carboxylic acids is 1. The molecular formula is C24H19FN4OS. The van der Waals surface area contributed by atoms with Gasteiger partial charge in [0.05, 0.1) is 5.75 Å². The van der Waals surface area contributed by atoms with Crippen molar-refractivity contribution >= 4 is 17.5 Å². The second kappa shape index (κ2) is 8.43. The zero-order valence-corrected chi connectivity index (χ0v) is 17.5. The number of halogens is 1. The van der Waals surface area contributed by atoms with Crippen LogP contribution in [-0.2, 0) is 12.8 Å². The molecule has 5 nitrogen and oxygen atoms in total. The lowest BCUT2D eigenvalue weighted by Gasteiger charge is -2.10. The second-order valence-corrected chi connectivity index (χ2v) is 8.35. The lowest BCUT2D eigenvalue weighted by atomic mass is 10.0. The molecule has 2 aromatic heterocycles. The number of aromatic nitrogens is 4. The summed E-state index contributed by atoms with van der Waals surface area (Å²) in [6.45, 7) is 0. The van der Waals surface area contributed by atoms with E-state index in [9.17, 15) is 9.18 Å². The normalized spacial score (nSPS) is 12.7. The van der Waals surface area contributed by atoms with E-state index in [1.165, 1.54) is 35.0 Å². The lowest BCUT2D eigenvalue weighted by Crippen LogP contribution is -2.06. The number of pyridine rings is 1. The van der Waals surface area contributed by atoms with Gasteiger partial charge in [0.1, 0.15) is 5.82 Å². The molecular weight excluding hydrogens is 411 g/mol. The van der Waals surface area contributed by atoms with E-state index < -0.39 is 0 Å². The minimum absolute atomic E-state index is 0.0545. The van der Waals surface area contributed by atoms with Gasteiger partial charge in [-0.15, -0.1) is 10.2 Å². The predicted octanol–water partition coefficient (Wildman–Crippen LogP) is 4.93. The fourth-order valence-electron chi connectivity index (χ4n) is 3.83. The summed E-state index contributed by atoms with van der Waals surface area (Å²) in [4.78, 5) is 16.9. The van der Waals surface area contributed by atoms with Crippen LogP contribution in [0, 0.1) is 5.82 Å². The van der Waals surface area contributed by atoms with Crippen LogP contribution in [0.1, 0.15) is 27.9 Å². The summed E-state index contributed by atoms with van der Waals surface area (Å²) in [5, 5.41) is 9.24. The Morgan fingerprint density at radius 1 is 0.968 bits per heavy atom. The van der Waals surface area contributed by atoms with E-state index in [1.807, 2.05) is 28.8 Å². The Morgan fingerprint density at radius 3 is 2.55 bits per heavy atom. The number of benzene rings is 2. The number of aryl methyl sites for hydroxylation is 2. The molecule has 154 valence electrons. The van der Waals surface area contributed by atoms with Crippen LogP contribution in [0.2, 0.25) is 0 Å². The average molecular weight is 431 g/mol. The minimum Gasteiger partial charge on any atom is -0.293 e. The molecule has 2 heterocycles. The number of ketones is 1. The molecule has 0 fully saturated rings. The Balaban J connectivity index is 1.44. The van der Waals surface area contributed by atoms with Crippen LogP contribution in [0.15, 0.2) is 72.1 Å². The van der Waals surface area contributed by atoms with Crippen molar-refractivity contribution in [3.05, 3.63) is 89.5 Å². The van der Waals surface area contributed by atoms with Crippen molar-refractivity contribution in [1.29, 1.82) is 0 Å². The Morgan fingerprint density at radius 2 is 1.74 bits per heavy atom. The highest BCUT2D eigenvalue weighted by molar-refractivity contribution is 7.99. The first kappa shape index (κ1) is 19.6. The average Bonchev–Trinajstić information content (AvgIpc) is 3.45. The standard InChI is InChI=1S/C24H19FN4OS/c25-20-6-8-21(9-7-20)29-23(17-10-12-26-13-11-17)27-28-24(29)31-15-22(30)19-5-4-16-2-1-3-18(16)14-19/h4-14H,1-3,15H2. The molecule has 2 aromatic carbocycles. The lowest BCUT2D eigenvalue weighted by molar-refractivity contribution is 0.102. The number of thioether (sulfide) groups is 1. The maximum Gasteiger partial charge on any atom is 0.196 e. The van der Waals surface area contributed by atoms with Gasteiger partial charge in [-0.2, -0.15) is 0 Å². The number of carbonyl (C=O) groups is 1. The fourth-order valence-corrected chi connectivity index (χ4v) is 4.68. The van der Waals surface area contributed by atoms with Crippen LogP contribution < -0.4 is 0 Å². The second-order valence-electron chi connectivity index (χ2n) is 7.40. The van der Waals surface area contributed by atoms with Crippen molar-refractivity contribution in [3.8, 4) is 17.1 Å². The summed E-state index contributed by atoms with van der Waals surface area (Å²) < 4.78 is 15.3. The van der Waals surface area contributed by atoms with Gasteiger partial charge in [-0.05, 0) is 72.9 Å². The summed E-state index contributed by atoms with van der Waals surface area (Å²) in [5.41, 5.74) is 4.93. The molecule has 0 saturated carbocycles. The van der Waals surface area contributed by atoms with Gasteiger partial charge in [-0.1, -0.05) is 23.9 Å². The molecule has 0 amide bonds. The van der Waals surface area contributed by atoms with Gasteiger partial charge in [-0.25, -0.2) is 4.39 Å². The smallest absolute Gasteiger partial charge is 0.196 e. The highest BCUT2D eigenvalue weighted by Gasteiger charge is 2.19. The van der Waals surface area contributed by atoms with Crippen LogP contribution in [-0.4, -0.2) is 31.3 Å². The van der Waals surface area contributed by atoms with E-state index in [0.717, 1.165) is 36.1 Å². The van der Waals surface area contributed by atoms with E-state index in [1.54, 1.807) is 24.5 Å². The molecule has 4 aromatic rings. The number of nitrogens with zero attached hydrogens (tertiary/aromatic N) is 4. The third kappa shape index (κ3) is 4.01. The van der Waals surface area contributed by atoms with Gasteiger partial charge >= 0.3 is 0 Å². The van der Waals surface area contributed by atoms with Crippen LogP contribution >= 0.6 is 11.8 Å². The van der Waals surface area contributed by atoms with E-state index in [-0.39, 0.29) is 17.4 Å². The summed E-state index contributed by atoms with van der Waals surface area (Å²) in [6, 6.07) is 15.8. The van der Waals surface area contributed by atoms with Crippen LogP contribution in [0.25, 0.3) is 17.1 Å². The Labute approximate surface area is 183 Å². The van der Waals surface area contributed by atoms with Crippen molar-refractivity contribution in [2.45, 2.75) is 24.4 Å². The summed E-state index contributed by atoms with van der Waals surface area (Å²) in [6.07, 6.45) is 6.65. The molecule has 0 radical (unpaired) electrons. The van der Waals surface area contributed by atoms with Gasteiger partial charge in [0.25, 0.3) is 0 Å². The van der Waals surface area contributed by atoms with Gasteiger partial charge in [0.2, 0.25) is 0 Å². The number of Topliss-reactive ketones (excluding diaryl/α,β-unsaturated/α-hetero) is 1. The van der Waals surface area contributed by atoms with E-state index >= 15 is 0 Å². The molecule has 0 saturated heterocycles. The highest BCUT2D eigenvalue weighted by Crippen LogP contribution is 2.29. The number of fused-ring (bicyclic) bond motifs is 1. The van der Waals surface area contributed by atoms with Crippen molar-refractivity contribution in [1.82, 2.24) is 19.7 Å². The van der Waals surface area contributed by atoms with Gasteiger partial charge < -0.3 is 0 Å². The zero-order chi connectivity index (χ0) is 21.2. The SMILES string of the molecule is O=C(CSc1nnc(-c2ccncc2)n1-c1ccc(F)cc1)c1ccc2c(c1)CCC2. The molecule has 0 unspecified atom stereocenters. The summed E-state index contributed by atoms with van der Waals surface area (Å²) in [7, 11) is 0. The topological polar surface area (TPSA) is 60.7 Å². The van der Waals surface area contributed by atoms with E-state index in [2.05, 4.69) is 21.2 Å². The number of rotatable bonds is 6. The molecule has 7 heteroatoms. The largest absolute Gasteiger partial charge is 0.293 e. The first-order valence-corrected chi connectivity index (χ1v) is 11.1. The first-order chi connectivity index (χ1) is 15.2.